The quantitative estimate of drug-likeness (QED) is 0.160. The molecule has 474 valence electrons. The van der Waals surface area contributed by atoms with Crippen LogP contribution >= 0.6 is 0 Å². The van der Waals surface area contributed by atoms with Crippen LogP contribution in [0.1, 0.15) is 22.3 Å². The fraction of sp³-hybridized carbons (Fsp3) is 0.0426. The predicted octanol–water partition coefficient (Wildman–Crippen LogP) is 25.5. The van der Waals surface area contributed by atoms with Gasteiger partial charge in [0.25, 0.3) is 0 Å². The van der Waals surface area contributed by atoms with Crippen LogP contribution in [0.15, 0.2) is 306 Å². The second-order valence-electron chi connectivity index (χ2n) is 27.7. The van der Waals surface area contributed by atoms with Crippen LogP contribution in [-0.2, 0) is 0 Å². The summed E-state index contributed by atoms with van der Waals surface area (Å²) in [6.45, 7) is 9.04. The van der Waals surface area contributed by atoms with Crippen molar-refractivity contribution in [2.75, 3.05) is 0 Å². The first-order valence-electron chi connectivity index (χ1n) is 34.9. The fourth-order valence-electron chi connectivity index (χ4n) is 18.0. The Balaban J connectivity index is 0.683. The molecule has 0 radical (unpaired) electrons. The minimum absolute atomic E-state index is 0.866. The molecule has 0 amide bonds. The van der Waals surface area contributed by atoms with Gasteiger partial charge in [-0.3, -0.25) is 0 Å². The summed E-state index contributed by atoms with van der Waals surface area (Å²) in [4.78, 5) is 0. The maximum atomic E-state index is 6.90. The van der Waals surface area contributed by atoms with Gasteiger partial charge in [0, 0.05) is 86.8 Å². The average Bonchev–Trinajstić information content (AvgIpc) is 1.58. The van der Waals surface area contributed by atoms with Crippen LogP contribution in [0.4, 0.5) is 0 Å². The van der Waals surface area contributed by atoms with E-state index in [1.807, 2.05) is 0 Å². The van der Waals surface area contributed by atoms with Crippen molar-refractivity contribution in [2.24, 2.45) is 0 Å². The third-order valence-electron chi connectivity index (χ3n) is 22.2. The molecule has 0 aliphatic heterocycles. The highest BCUT2D eigenvalue weighted by atomic mass is 16.3. The van der Waals surface area contributed by atoms with Crippen molar-refractivity contribution in [3.63, 3.8) is 0 Å². The third-order valence-corrected chi connectivity index (χ3v) is 22.2. The van der Waals surface area contributed by atoms with Crippen LogP contribution in [0.25, 0.3) is 204 Å². The van der Waals surface area contributed by atoms with Gasteiger partial charge in [-0.15, -0.1) is 0 Å². The van der Waals surface area contributed by atoms with Crippen molar-refractivity contribution in [3.05, 3.63) is 320 Å². The molecule has 7 heterocycles. The summed E-state index contributed by atoms with van der Waals surface area (Å²) in [5.74, 6) is 0. The highest BCUT2D eigenvalue weighted by Crippen LogP contribution is 2.47. The number of hydrogen-bond acceptors (Lipinski definition) is 2. The zero-order valence-electron chi connectivity index (χ0n) is 55.8. The first kappa shape index (κ1) is 56.0. The standard InChI is InChI=1S/C94H61N5O2/c1-54-47-88-90(56(3)92(54)98-79-34-15-8-25-66(79)67-26-9-16-35-80(67)98)91-57(4)93(55(2)48-89(91)100-88)99-81-36-17-10-28-69(81)73-50-60(40-44-84(73)99)58-21-19-22-59(49-58)61-39-43-70-68-27-7-14-33-78(68)96(86(70)51-61)63-42-46-83-75(53-63)74-52-62(95-76-31-12-5-23-64(76)65-24-6-13-32-77(65)95)41-45-82(74)97(83)85-37-20-30-72-71-29-11-18-38-87(71)101-94(72)85/h5-53H,1-4H3. The molecular weight excluding hydrogens is 1230 g/mol. The number of aryl methyl sites for hydroxylation is 4. The summed E-state index contributed by atoms with van der Waals surface area (Å²) in [5, 5.41) is 16.6. The molecule has 7 aromatic heterocycles. The second-order valence-corrected chi connectivity index (χ2v) is 27.7. The van der Waals surface area contributed by atoms with E-state index in [0.717, 1.165) is 127 Å². The molecule has 0 aliphatic rings. The molecule has 0 atom stereocenters. The van der Waals surface area contributed by atoms with Crippen LogP contribution in [0.2, 0.25) is 0 Å². The fourth-order valence-corrected chi connectivity index (χ4v) is 18.0. The van der Waals surface area contributed by atoms with Crippen LogP contribution in [0.3, 0.4) is 0 Å². The Morgan fingerprint density at radius 2 is 0.584 bits per heavy atom. The molecule has 101 heavy (non-hydrogen) atoms. The van der Waals surface area contributed by atoms with Gasteiger partial charge in [-0.05, 0) is 194 Å². The van der Waals surface area contributed by atoms with Gasteiger partial charge in [-0.1, -0.05) is 176 Å². The van der Waals surface area contributed by atoms with Crippen molar-refractivity contribution < 1.29 is 8.83 Å². The lowest BCUT2D eigenvalue weighted by Crippen LogP contribution is -2.02. The topological polar surface area (TPSA) is 50.9 Å². The Morgan fingerprint density at radius 3 is 1.11 bits per heavy atom. The number of para-hydroxylation sites is 8. The lowest BCUT2D eigenvalue weighted by molar-refractivity contribution is 0.666. The minimum Gasteiger partial charge on any atom is -0.456 e. The van der Waals surface area contributed by atoms with Gasteiger partial charge < -0.3 is 31.7 Å². The van der Waals surface area contributed by atoms with E-state index in [9.17, 15) is 0 Å². The average molecular weight is 1290 g/mol. The van der Waals surface area contributed by atoms with Gasteiger partial charge in [-0.25, -0.2) is 0 Å². The van der Waals surface area contributed by atoms with Crippen molar-refractivity contribution in [1.82, 2.24) is 22.8 Å². The molecule has 0 spiro atoms. The molecule has 0 fully saturated rings. The van der Waals surface area contributed by atoms with Gasteiger partial charge in [0.05, 0.1) is 72.2 Å². The number of furan rings is 2. The molecule has 0 aliphatic carbocycles. The van der Waals surface area contributed by atoms with Crippen molar-refractivity contribution >= 4 is 153 Å². The lowest BCUT2D eigenvalue weighted by Gasteiger charge is -2.17. The Bertz CT molecular complexity index is 7290. The normalized spacial score (nSPS) is 12.4. The Labute approximate surface area is 579 Å². The predicted molar refractivity (Wildman–Crippen MR) is 423 cm³/mol. The van der Waals surface area contributed by atoms with Crippen LogP contribution < -0.4 is 0 Å². The summed E-state index contributed by atoms with van der Waals surface area (Å²) in [6, 6.07) is 110. The Morgan fingerprint density at radius 1 is 0.218 bits per heavy atom. The molecule has 7 nitrogen and oxygen atoms in total. The Hall–Kier alpha value is -13.1. The van der Waals surface area contributed by atoms with Gasteiger partial charge in [0.1, 0.15) is 16.7 Å². The number of nitrogens with zero attached hydrogens (tertiary/aromatic N) is 5. The van der Waals surface area contributed by atoms with Gasteiger partial charge in [0.15, 0.2) is 5.58 Å². The van der Waals surface area contributed by atoms with E-state index >= 15 is 0 Å². The number of aromatic nitrogens is 5. The molecule has 22 rings (SSSR count). The van der Waals surface area contributed by atoms with Crippen molar-refractivity contribution in [2.45, 2.75) is 27.7 Å². The highest BCUT2D eigenvalue weighted by molar-refractivity contribution is 6.19. The molecule has 0 unspecified atom stereocenters. The maximum absolute atomic E-state index is 6.90. The van der Waals surface area contributed by atoms with E-state index in [4.69, 9.17) is 8.83 Å². The van der Waals surface area contributed by atoms with Gasteiger partial charge in [0.2, 0.25) is 0 Å². The summed E-state index contributed by atoms with van der Waals surface area (Å²) in [7, 11) is 0. The molecule has 0 N–H and O–H groups in total. The molecular formula is C94H61N5O2. The summed E-state index contributed by atoms with van der Waals surface area (Å²) < 4.78 is 26.0. The van der Waals surface area contributed by atoms with E-state index in [-0.39, 0.29) is 0 Å². The molecule has 22 aromatic rings. The summed E-state index contributed by atoms with van der Waals surface area (Å²) in [6.07, 6.45) is 0. The number of hydrogen-bond donors (Lipinski definition) is 0. The van der Waals surface area contributed by atoms with E-state index in [1.165, 1.54) is 98.7 Å². The first-order chi connectivity index (χ1) is 49.8. The Kier molecular flexibility index (Phi) is 11.5. The molecule has 15 aromatic carbocycles. The van der Waals surface area contributed by atoms with Gasteiger partial charge in [-0.2, -0.15) is 0 Å². The third kappa shape index (κ3) is 7.77. The molecule has 0 bridgehead atoms. The minimum atomic E-state index is 0.866. The SMILES string of the molecule is Cc1cc2oc3cc(C)c(-n4c5ccccc5c5cc(-c6cccc(-c7ccc8c9ccccc9n(-c9ccc%10c(c9)c9cc(-n%11c%12ccccc%12c%12ccccc%12%11)ccc9n%10-c9cccc%10c9oc9ccccc9%10)c8c7)c6)ccc54)c(C)c3c2c(C)c1-n1c2ccccc2c2ccccc21. The van der Waals surface area contributed by atoms with Crippen LogP contribution in [0, 0.1) is 27.7 Å². The zero-order valence-corrected chi connectivity index (χ0v) is 55.8. The summed E-state index contributed by atoms with van der Waals surface area (Å²) >= 11 is 0. The van der Waals surface area contributed by atoms with E-state index in [2.05, 4.69) is 348 Å². The smallest absolute Gasteiger partial charge is 0.159 e. The number of fused-ring (bicyclic) bond motifs is 21. The van der Waals surface area contributed by atoms with Crippen LogP contribution in [0.5, 0.6) is 0 Å². The van der Waals surface area contributed by atoms with E-state index in [0.29, 0.717) is 0 Å². The largest absolute Gasteiger partial charge is 0.456 e. The molecule has 7 heteroatoms. The summed E-state index contributed by atoms with van der Waals surface area (Å²) in [5.41, 5.74) is 30.1. The van der Waals surface area contributed by atoms with E-state index in [1.54, 1.807) is 0 Å². The molecule has 0 saturated heterocycles. The monoisotopic (exact) mass is 1290 g/mol. The van der Waals surface area contributed by atoms with Crippen molar-refractivity contribution in [1.29, 1.82) is 0 Å². The maximum Gasteiger partial charge on any atom is 0.159 e. The van der Waals surface area contributed by atoms with Crippen LogP contribution in [-0.4, -0.2) is 22.8 Å². The molecule has 0 saturated carbocycles. The van der Waals surface area contributed by atoms with Crippen molar-refractivity contribution in [3.8, 4) is 50.7 Å². The zero-order chi connectivity index (χ0) is 66.6. The second kappa shape index (κ2) is 20.7. The lowest BCUT2D eigenvalue weighted by atomic mass is 9.96. The first-order valence-corrected chi connectivity index (χ1v) is 34.9. The highest BCUT2D eigenvalue weighted by Gasteiger charge is 2.27. The number of rotatable bonds is 7. The van der Waals surface area contributed by atoms with E-state index < -0.39 is 0 Å². The number of benzene rings is 15. The van der Waals surface area contributed by atoms with Gasteiger partial charge >= 0.3 is 0 Å².